The van der Waals surface area contributed by atoms with Gasteiger partial charge in [-0.25, -0.2) is 9.36 Å². The molecule has 112 valence electrons. The number of nitrogens with zero attached hydrogens (tertiary/aromatic N) is 2. The Hall–Kier alpha value is -2.04. The molecule has 0 spiro atoms. The number of hydrogen-bond acceptors (Lipinski definition) is 1. The summed E-state index contributed by atoms with van der Waals surface area (Å²) in [6.07, 6.45) is 0. The molecule has 0 aliphatic carbocycles. The molecule has 0 atom stereocenters. The second kappa shape index (κ2) is 5.63. The van der Waals surface area contributed by atoms with Gasteiger partial charge in [-0.15, -0.1) is 0 Å². The van der Waals surface area contributed by atoms with E-state index >= 15 is 0 Å². The number of aliphatic carboxylic acids is 1. The molecule has 0 bridgehead atoms. The SMILES string of the molecule is Cc1n(-c2ccccc2)c2cc(Cl)c(Cl)cc2[n+]1CC(=O)O. The van der Waals surface area contributed by atoms with Crippen LogP contribution in [0.3, 0.4) is 0 Å². The lowest BCUT2D eigenvalue weighted by Gasteiger charge is -2.00. The van der Waals surface area contributed by atoms with Crippen molar-refractivity contribution in [2.24, 2.45) is 0 Å². The number of imidazole rings is 1. The Labute approximate surface area is 137 Å². The van der Waals surface area contributed by atoms with Gasteiger partial charge in [0.25, 0.3) is 5.82 Å². The van der Waals surface area contributed by atoms with Crippen LogP contribution in [0.1, 0.15) is 5.82 Å². The van der Waals surface area contributed by atoms with E-state index in [9.17, 15) is 4.79 Å². The van der Waals surface area contributed by atoms with Crippen LogP contribution in [0.5, 0.6) is 0 Å². The second-order valence-corrected chi connectivity index (χ2v) is 5.77. The van der Waals surface area contributed by atoms with Crippen molar-refractivity contribution in [3.05, 3.63) is 58.3 Å². The van der Waals surface area contributed by atoms with Gasteiger partial charge in [-0.2, -0.15) is 4.57 Å². The fourth-order valence-electron chi connectivity index (χ4n) is 2.63. The van der Waals surface area contributed by atoms with Gasteiger partial charge < -0.3 is 5.11 Å². The van der Waals surface area contributed by atoms with Crippen LogP contribution in [0.15, 0.2) is 42.5 Å². The largest absolute Gasteiger partial charge is 0.478 e. The average molecular weight is 336 g/mol. The molecule has 1 heterocycles. The predicted molar refractivity (Wildman–Crippen MR) is 85.9 cm³/mol. The number of benzene rings is 2. The Morgan fingerprint density at radius 2 is 1.82 bits per heavy atom. The lowest BCUT2D eigenvalue weighted by atomic mass is 10.2. The Morgan fingerprint density at radius 1 is 1.18 bits per heavy atom. The van der Waals surface area contributed by atoms with Gasteiger partial charge in [-0.05, 0) is 12.1 Å². The summed E-state index contributed by atoms with van der Waals surface area (Å²) in [4.78, 5) is 11.2. The van der Waals surface area contributed by atoms with Crippen LogP contribution in [0, 0.1) is 6.92 Å². The van der Waals surface area contributed by atoms with Crippen molar-refractivity contribution in [1.82, 2.24) is 4.57 Å². The molecule has 1 N–H and O–H groups in total. The first-order valence-corrected chi connectivity index (χ1v) is 7.41. The molecular weight excluding hydrogens is 323 g/mol. The van der Waals surface area contributed by atoms with E-state index in [0.717, 1.165) is 22.5 Å². The molecule has 0 saturated carbocycles. The third-order valence-corrected chi connectivity index (χ3v) is 4.29. The summed E-state index contributed by atoms with van der Waals surface area (Å²) in [6, 6.07) is 13.2. The molecule has 0 radical (unpaired) electrons. The first-order valence-electron chi connectivity index (χ1n) is 6.66. The summed E-state index contributed by atoms with van der Waals surface area (Å²) in [5, 5.41) is 10.0. The van der Waals surface area contributed by atoms with Gasteiger partial charge in [-0.3, -0.25) is 0 Å². The standard InChI is InChI=1S/C16H12Cl2N2O2/c1-10-19(9-16(21)22)14-7-12(17)13(18)8-15(14)20(10)11-5-3-2-4-6-11/h2-8H,9H2,1H3/p+1. The molecule has 4 nitrogen and oxygen atoms in total. The Kier molecular flexibility index (Phi) is 3.81. The number of rotatable bonds is 3. The van der Waals surface area contributed by atoms with E-state index in [4.69, 9.17) is 28.3 Å². The van der Waals surface area contributed by atoms with Crippen LogP contribution in [0.25, 0.3) is 16.7 Å². The average Bonchev–Trinajstić information content (AvgIpc) is 2.73. The van der Waals surface area contributed by atoms with E-state index in [1.807, 2.05) is 41.8 Å². The molecule has 0 unspecified atom stereocenters. The van der Waals surface area contributed by atoms with Crippen LogP contribution in [-0.2, 0) is 11.3 Å². The van der Waals surface area contributed by atoms with Gasteiger partial charge >= 0.3 is 5.97 Å². The minimum Gasteiger partial charge on any atom is -0.478 e. The topological polar surface area (TPSA) is 46.1 Å². The molecule has 0 fully saturated rings. The molecule has 0 saturated heterocycles. The van der Waals surface area contributed by atoms with Crippen molar-refractivity contribution in [3.8, 4) is 5.69 Å². The minimum absolute atomic E-state index is 0.139. The highest BCUT2D eigenvalue weighted by molar-refractivity contribution is 6.42. The monoisotopic (exact) mass is 335 g/mol. The minimum atomic E-state index is -0.911. The summed E-state index contributed by atoms with van der Waals surface area (Å²) in [5.41, 5.74) is 2.49. The molecule has 3 rings (SSSR count). The summed E-state index contributed by atoms with van der Waals surface area (Å²) in [5.74, 6) is -0.117. The van der Waals surface area contributed by atoms with Crippen LogP contribution < -0.4 is 4.57 Å². The van der Waals surface area contributed by atoms with Gasteiger partial charge in [0.15, 0.2) is 17.6 Å². The van der Waals surface area contributed by atoms with E-state index in [1.165, 1.54) is 0 Å². The first kappa shape index (κ1) is 14.9. The van der Waals surface area contributed by atoms with Crippen LogP contribution in [0.4, 0.5) is 0 Å². The van der Waals surface area contributed by atoms with Gasteiger partial charge in [0.1, 0.15) is 5.69 Å². The first-order chi connectivity index (χ1) is 10.5. The molecule has 22 heavy (non-hydrogen) atoms. The highest BCUT2D eigenvalue weighted by Crippen LogP contribution is 2.29. The Bertz CT molecular complexity index is 873. The number of aromatic nitrogens is 2. The molecule has 6 heteroatoms. The maximum absolute atomic E-state index is 11.2. The number of para-hydroxylation sites is 1. The maximum atomic E-state index is 11.2. The molecule has 3 aromatic rings. The van der Waals surface area contributed by atoms with E-state index in [0.29, 0.717) is 10.0 Å². The zero-order valence-corrected chi connectivity index (χ0v) is 13.3. The predicted octanol–water partition coefficient (Wildman–Crippen LogP) is 3.62. The molecular formula is C16H13Cl2N2O2+. The number of carboxylic acid groups (broad SMARTS) is 1. The fraction of sp³-hybridized carbons (Fsp3) is 0.125. The van der Waals surface area contributed by atoms with E-state index in [2.05, 4.69) is 0 Å². The van der Waals surface area contributed by atoms with E-state index < -0.39 is 5.97 Å². The van der Waals surface area contributed by atoms with Crippen molar-refractivity contribution in [3.63, 3.8) is 0 Å². The number of fused-ring (bicyclic) bond motifs is 1. The normalized spacial score (nSPS) is 11.0. The summed E-state index contributed by atoms with van der Waals surface area (Å²) in [6.45, 7) is 1.73. The third-order valence-electron chi connectivity index (χ3n) is 3.57. The molecule has 0 aliphatic rings. The van der Waals surface area contributed by atoms with E-state index in [1.54, 1.807) is 16.7 Å². The lowest BCUT2D eigenvalue weighted by Crippen LogP contribution is -2.40. The number of carbonyl (C=O) groups is 1. The quantitative estimate of drug-likeness (QED) is 0.743. The molecule has 0 amide bonds. The molecule has 0 aliphatic heterocycles. The summed E-state index contributed by atoms with van der Waals surface area (Å²) in [7, 11) is 0. The third kappa shape index (κ3) is 2.45. The van der Waals surface area contributed by atoms with Gasteiger partial charge in [0, 0.05) is 19.1 Å². The van der Waals surface area contributed by atoms with Crippen molar-refractivity contribution >= 4 is 40.2 Å². The summed E-state index contributed by atoms with van der Waals surface area (Å²) < 4.78 is 3.69. The number of carboxylic acids is 1. The Balaban J connectivity index is 2.39. The van der Waals surface area contributed by atoms with Crippen molar-refractivity contribution in [2.45, 2.75) is 13.5 Å². The number of hydrogen-bond donors (Lipinski definition) is 1. The van der Waals surface area contributed by atoms with Crippen molar-refractivity contribution in [2.75, 3.05) is 0 Å². The maximum Gasteiger partial charge on any atom is 0.346 e. The van der Waals surface area contributed by atoms with Gasteiger partial charge in [0.05, 0.1) is 10.0 Å². The molecule has 2 aromatic carbocycles. The fourth-order valence-corrected chi connectivity index (χ4v) is 2.94. The highest BCUT2D eigenvalue weighted by atomic mass is 35.5. The Morgan fingerprint density at radius 3 is 2.45 bits per heavy atom. The lowest BCUT2D eigenvalue weighted by molar-refractivity contribution is -0.666. The smallest absolute Gasteiger partial charge is 0.346 e. The van der Waals surface area contributed by atoms with Crippen molar-refractivity contribution < 1.29 is 14.5 Å². The van der Waals surface area contributed by atoms with Crippen molar-refractivity contribution in [1.29, 1.82) is 0 Å². The van der Waals surface area contributed by atoms with Gasteiger partial charge in [-0.1, -0.05) is 41.4 Å². The second-order valence-electron chi connectivity index (χ2n) is 4.95. The van der Waals surface area contributed by atoms with Crippen LogP contribution >= 0.6 is 23.2 Å². The summed E-state index contributed by atoms with van der Waals surface area (Å²) >= 11 is 12.2. The van der Waals surface area contributed by atoms with Gasteiger partial charge in [0.2, 0.25) is 0 Å². The zero-order valence-electron chi connectivity index (χ0n) is 11.8. The highest BCUT2D eigenvalue weighted by Gasteiger charge is 2.25. The number of halogens is 2. The molecule has 1 aromatic heterocycles. The zero-order chi connectivity index (χ0) is 15.9. The van der Waals surface area contributed by atoms with Crippen LogP contribution in [-0.4, -0.2) is 15.6 Å². The van der Waals surface area contributed by atoms with E-state index in [-0.39, 0.29) is 6.54 Å². The van der Waals surface area contributed by atoms with Crippen LogP contribution in [0.2, 0.25) is 10.0 Å².